The van der Waals surface area contributed by atoms with E-state index in [-0.39, 0.29) is 16.9 Å². The van der Waals surface area contributed by atoms with Crippen LogP contribution < -0.4 is 4.90 Å². The van der Waals surface area contributed by atoms with E-state index in [1.54, 1.807) is 39.1 Å². The number of ether oxygens (including phenoxy) is 1. The number of carbonyl (C=O) groups excluding carboxylic acids is 1. The van der Waals surface area contributed by atoms with E-state index in [0.717, 1.165) is 25.1 Å². The van der Waals surface area contributed by atoms with E-state index in [1.807, 2.05) is 4.90 Å². The van der Waals surface area contributed by atoms with Crippen LogP contribution in [0.3, 0.4) is 0 Å². The van der Waals surface area contributed by atoms with Crippen LogP contribution in [-0.4, -0.2) is 68.3 Å². The third-order valence-electron chi connectivity index (χ3n) is 5.26. The summed E-state index contributed by atoms with van der Waals surface area (Å²) in [4.78, 5) is 21.0. The fourth-order valence-electron chi connectivity index (χ4n) is 3.49. The fourth-order valence-corrected chi connectivity index (χ4v) is 4.55. The van der Waals surface area contributed by atoms with Crippen molar-refractivity contribution in [3.05, 3.63) is 18.3 Å². The maximum atomic E-state index is 12.8. The Hall–Kier alpha value is -1.67. The van der Waals surface area contributed by atoms with Crippen molar-refractivity contribution in [1.29, 1.82) is 0 Å². The van der Waals surface area contributed by atoms with Gasteiger partial charge in [-0.05, 0) is 45.7 Å². The molecule has 0 aliphatic carbocycles. The molecule has 2 fully saturated rings. The van der Waals surface area contributed by atoms with Gasteiger partial charge in [0.2, 0.25) is 5.91 Å². The Bertz CT molecular complexity index is 765. The minimum Gasteiger partial charge on any atom is -0.378 e. The summed E-state index contributed by atoms with van der Waals surface area (Å²) < 4.78 is 29.5. The second kappa shape index (κ2) is 7.75. The van der Waals surface area contributed by atoms with Crippen molar-refractivity contribution in [2.45, 2.75) is 43.4 Å². The van der Waals surface area contributed by atoms with Gasteiger partial charge in [0.15, 0.2) is 14.9 Å². The molecule has 1 amide bonds. The highest BCUT2D eigenvalue weighted by molar-refractivity contribution is 7.92. The summed E-state index contributed by atoms with van der Waals surface area (Å²) in [7, 11) is -3.46. The quantitative estimate of drug-likeness (QED) is 0.775. The standard InChI is InChI=1S/C19H29N3O4S/c1-19(2,3)27(24,25)17-7-6-16(13-20-17)22-8-4-5-15(14-22)18(23)21-9-11-26-12-10-21/h6-7,13,15H,4-5,8-12,14H2,1-3H3/t15-/m1/s1. The average Bonchev–Trinajstić information content (AvgIpc) is 2.67. The number of carbonyl (C=O) groups is 1. The molecule has 1 aromatic rings. The Kier molecular flexibility index (Phi) is 5.76. The van der Waals surface area contributed by atoms with E-state index < -0.39 is 14.6 Å². The molecule has 1 aromatic heterocycles. The Balaban J connectivity index is 1.70. The molecule has 7 nitrogen and oxygen atoms in total. The topological polar surface area (TPSA) is 79.8 Å². The molecule has 2 aliphatic rings. The number of nitrogens with zero attached hydrogens (tertiary/aromatic N) is 3. The summed E-state index contributed by atoms with van der Waals surface area (Å²) in [6.07, 6.45) is 3.43. The van der Waals surface area contributed by atoms with Gasteiger partial charge in [0.1, 0.15) is 0 Å². The zero-order valence-electron chi connectivity index (χ0n) is 16.3. The van der Waals surface area contributed by atoms with Gasteiger partial charge in [0, 0.05) is 26.2 Å². The first-order valence-corrected chi connectivity index (χ1v) is 11.0. The van der Waals surface area contributed by atoms with Crippen molar-refractivity contribution in [3.63, 3.8) is 0 Å². The molecule has 3 heterocycles. The van der Waals surface area contributed by atoms with Crippen molar-refractivity contribution >= 4 is 21.4 Å². The number of hydrogen-bond acceptors (Lipinski definition) is 6. The average molecular weight is 396 g/mol. The Labute approximate surface area is 161 Å². The predicted octanol–water partition coefficient (Wildman–Crippen LogP) is 1.73. The summed E-state index contributed by atoms with van der Waals surface area (Å²) in [5.74, 6) is 0.165. The number of pyridine rings is 1. The highest BCUT2D eigenvalue weighted by Crippen LogP contribution is 2.27. The summed E-state index contributed by atoms with van der Waals surface area (Å²) in [5.41, 5.74) is 0.863. The number of rotatable bonds is 3. The zero-order chi connectivity index (χ0) is 19.7. The molecular weight excluding hydrogens is 366 g/mol. The molecule has 0 unspecified atom stereocenters. The highest BCUT2D eigenvalue weighted by atomic mass is 32.2. The van der Waals surface area contributed by atoms with Crippen LogP contribution in [0.1, 0.15) is 33.6 Å². The first kappa shape index (κ1) is 20.1. The minimum absolute atomic E-state index is 0.0326. The molecule has 3 rings (SSSR count). The SMILES string of the molecule is CC(C)(C)S(=O)(=O)c1ccc(N2CCC[C@@H](C(=O)N3CCOCC3)C2)cn1. The van der Waals surface area contributed by atoms with Crippen molar-refractivity contribution < 1.29 is 17.9 Å². The van der Waals surface area contributed by atoms with Gasteiger partial charge in [-0.3, -0.25) is 4.79 Å². The van der Waals surface area contributed by atoms with Gasteiger partial charge in [-0.25, -0.2) is 13.4 Å². The van der Waals surface area contributed by atoms with Crippen LogP contribution in [0, 0.1) is 5.92 Å². The number of sulfone groups is 1. The van der Waals surface area contributed by atoms with Crippen LogP contribution in [0.25, 0.3) is 0 Å². The van der Waals surface area contributed by atoms with Crippen molar-refractivity contribution in [1.82, 2.24) is 9.88 Å². The van der Waals surface area contributed by atoms with Crippen LogP contribution in [0.5, 0.6) is 0 Å². The molecule has 27 heavy (non-hydrogen) atoms. The van der Waals surface area contributed by atoms with E-state index >= 15 is 0 Å². The van der Waals surface area contributed by atoms with Crippen LogP contribution >= 0.6 is 0 Å². The normalized spacial score (nSPS) is 22.0. The van der Waals surface area contributed by atoms with Crippen LogP contribution in [-0.2, 0) is 19.4 Å². The first-order valence-electron chi connectivity index (χ1n) is 9.52. The van der Waals surface area contributed by atoms with Crippen LogP contribution in [0.15, 0.2) is 23.4 Å². The van der Waals surface area contributed by atoms with E-state index in [1.165, 1.54) is 0 Å². The summed E-state index contributed by atoms with van der Waals surface area (Å²) >= 11 is 0. The Morgan fingerprint density at radius 1 is 1.19 bits per heavy atom. The van der Waals surface area contributed by atoms with E-state index in [0.29, 0.717) is 32.8 Å². The summed E-state index contributed by atoms with van der Waals surface area (Å²) in [5, 5.41) is 0.0942. The lowest BCUT2D eigenvalue weighted by atomic mass is 9.96. The number of piperidine rings is 1. The molecule has 0 radical (unpaired) electrons. The van der Waals surface area contributed by atoms with Gasteiger partial charge in [-0.2, -0.15) is 0 Å². The fraction of sp³-hybridized carbons (Fsp3) is 0.684. The van der Waals surface area contributed by atoms with E-state index in [2.05, 4.69) is 9.88 Å². The molecule has 150 valence electrons. The number of aromatic nitrogens is 1. The van der Waals surface area contributed by atoms with E-state index in [9.17, 15) is 13.2 Å². The maximum Gasteiger partial charge on any atom is 0.227 e. The molecule has 8 heteroatoms. The van der Waals surface area contributed by atoms with Crippen LogP contribution in [0.2, 0.25) is 0 Å². The molecule has 0 saturated carbocycles. The van der Waals surface area contributed by atoms with Crippen molar-refractivity contribution in [3.8, 4) is 0 Å². The number of morpholine rings is 1. The Morgan fingerprint density at radius 2 is 1.89 bits per heavy atom. The van der Waals surface area contributed by atoms with E-state index in [4.69, 9.17) is 4.74 Å². The van der Waals surface area contributed by atoms with Crippen molar-refractivity contribution in [2.24, 2.45) is 5.92 Å². The molecule has 0 bridgehead atoms. The molecule has 2 aliphatic heterocycles. The van der Waals surface area contributed by atoms with Crippen LogP contribution in [0.4, 0.5) is 5.69 Å². The highest BCUT2D eigenvalue weighted by Gasteiger charge is 2.33. The molecule has 0 aromatic carbocycles. The predicted molar refractivity (Wildman–Crippen MR) is 104 cm³/mol. The van der Waals surface area contributed by atoms with Gasteiger partial charge in [-0.15, -0.1) is 0 Å². The summed E-state index contributed by atoms with van der Waals surface area (Å²) in [6, 6.07) is 3.37. The third kappa shape index (κ3) is 4.27. The molecule has 1 atom stereocenters. The molecule has 0 spiro atoms. The third-order valence-corrected chi connectivity index (χ3v) is 7.67. The first-order chi connectivity index (χ1) is 12.7. The second-order valence-corrected chi connectivity index (χ2v) is 10.8. The van der Waals surface area contributed by atoms with Gasteiger partial charge in [-0.1, -0.05) is 0 Å². The van der Waals surface area contributed by atoms with Gasteiger partial charge in [0.05, 0.1) is 35.8 Å². The van der Waals surface area contributed by atoms with Crippen molar-refractivity contribution in [2.75, 3.05) is 44.3 Å². The smallest absolute Gasteiger partial charge is 0.227 e. The lowest BCUT2D eigenvalue weighted by molar-refractivity contribution is -0.139. The minimum atomic E-state index is -3.46. The largest absolute Gasteiger partial charge is 0.378 e. The zero-order valence-corrected chi connectivity index (χ0v) is 17.2. The number of anilines is 1. The number of amides is 1. The number of hydrogen-bond donors (Lipinski definition) is 0. The van der Waals surface area contributed by atoms with Gasteiger partial charge in [0.25, 0.3) is 0 Å². The molecule has 2 saturated heterocycles. The Morgan fingerprint density at radius 3 is 2.48 bits per heavy atom. The van der Waals surface area contributed by atoms with Gasteiger partial charge >= 0.3 is 0 Å². The second-order valence-electron chi connectivity index (χ2n) is 8.19. The van der Waals surface area contributed by atoms with Gasteiger partial charge < -0.3 is 14.5 Å². The monoisotopic (exact) mass is 395 g/mol. The molecular formula is C19H29N3O4S. The molecule has 0 N–H and O–H groups in total. The maximum absolute atomic E-state index is 12.8. The lowest BCUT2D eigenvalue weighted by Gasteiger charge is -2.37. The summed E-state index contributed by atoms with van der Waals surface area (Å²) in [6.45, 7) is 9.04. The lowest BCUT2D eigenvalue weighted by Crippen LogP contribution is -2.48.